The quantitative estimate of drug-likeness (QED) is 0.372. The van der Waals surface area contributed by atoms with E-state index in [1.165, 1.54) is 38.2 Å². The molecule has 0 spiro atoms. The highest BCUT2D eigenvalue weighted by molar-refractivity contribution is 5.79. The molecule has 1 amide bonds. The van der Waals surface area contributed by atoms with Crippen molar-refractivity contribution in [1.29, 1.82) is 0 Å². The van der Waals surface area contributed by atoms with Crippen molar-refractivity contribution in [2.75, 3.05) is 11.6 Å². The Balaban J connectivity index is 2.18. The number of aryl methyl sites for hydroxylation is 2. The van der Waals surface area contributed by atoms with Crippen LogP contribution in [0, 0.1) is 6.92 Å². The summed E-state index contributed by atoms with van der Waals surface area (Å²) in [4.78, 5) is 22.6. The van der Waals surface area contributed by atoms with Crippen molar-refractivity contribution in [2.24, 2.45) is 0 Å². The molecule has 2 rings (SSSR count). The number of unbranched alkanes of at least 4 members (excludes halogenated alkanes) is 3. The first kappa shape index (κ1) is 23.3. The van der Waals surface area contributed by atoms with E-state index in [0.29, 0.717) is 5.75 Å². The molecule has 0 heterocycles. The predicted octanol–water partition coefficient (Wildman–Crippen LogP) is 5.16. The first-order valence-electron chi connectivity index (χ1n) is 10.5. The number of carboxylic acids is 1. The van der Waals surface area contributed by atoms with Crippen molar-refractivity contribution >= 4 is 23.3 Å². The van der Waals surface area contributed by atoms with Crippen LogP contribution in [0.1, 0.15) is 57.1 Å². The highest BCUT2D eigenvalue weighted by atomic mass is 16.5. The summed E-state index contributed by atoms with van der Waals surface area (Å²) in [6.45, 7) is 5.66. The number of carbonyl (C=O) groups excluding carboxylic acids is 1. The maximum absolute atomic E-state index is 11.8. The molecule has 162 valence electrons. The SMILES string of the molecule is CCCCCCc1ccc(N(NC(C)=O)c2ccc(C)c(OCCC(=O)O)c2)cc1. The molecule has 6 nitrogen and oxygen atoms in total. The van der Waals surface area contributed by atoms with Gasteiger partial charge in [-0.15, -0.1) is 0 Å². The summed E-state index contributed by atoms with van der Waals surface area (Å²) < 4.78 is 5.64. The van der Waals surface area contributed by atoms with Gasteiger partial charge in [0.15, 0.2) is 0 Å². The van der Waals surface area contributed by atoms with Crippen LogP contribution in [0.15, 0.2) is 42.5 Å². The molecule has 0 unspecified atom stereocenters. The van der Waals surface area contributed by atoms with E-state index in [2.05, 4.69) is 24.5 Å². The van der Waals surface area contributed by atoms with E-state index in [9.17, 15) is 9.59 Å². The van der Waals surface area contributed by atoms with E-state index in [4.69, 9.17) is 9.84 Å². The number of hydrogen-bond acceptors (Lipinski definition) is 4. The number of hydrogen-bond donors (Lipinski definition) is 2. The van der Waals surface area contributed by atoms with Gasteiger partial charge in [0.2, 0.25) is 5.91 Å². The average Bonchev–Trinajstić information content (AvgIpc) is 2.71. The highest BCUT2D eigenvalue weighted by Crippen LogP contribution is 2.30. The van der Waals surface area contributed by atoms with E-state index in [0.717, 1.165) is 23.4 Å². The second kappa shape index (κ2) is 11.9. The number of carbonyl (C=O) groups is 2. The minimum Gasteiger partial charge on any atom is -0.493 e. The smallest absolute Gasteiger partial charge is 0.306 e. The normalized spacial score (nSPS) is 10.5. The lowest BCUT2D eigenvalue weighted by molar-refractivity contribution is -0.137. The summed E-state index contributed by atoms with van der Waals surface area (Å²) in [6, 6.07) is 13.8. The Morgan fingerprint density at radius 1 is 1.03 bits per heavy atom. The number of rotatable bonds is 12. The van der Waals surface area contributed by atoms with Gasteiger partial charge in [0, 0.05) is 13.0 Å². The Hall–Kier alpha value is -3.02. The zero-order chi connectivity index (χ0) is 21.9. The summed E-state index contributed by atoms with van der Waals surface area (Å²) in [5, 5.41) is 10.5. The van der Waals surface area contributed by atoms with Crippen LogP contribution in [0.4, 0.5) is 11.4 Å². The molecule has 0 radical (unpaired) electrons. The van der Waals surface area contributed by atoms with Crippen molar-refractivity contribution in [2.45, 2.75) is 59.3 Å². The summed E-state index contributed by atoms with van der Waals surface area (Å²) in [7, 11) is 0. The van der Waals surface area contributed by atoms with Crippen LogP contribution in [0.2, 0.25) is 0 Å². The van der Waals surface area contributed by atoms with Crippen LogP contribution in [0.5, 0.6) is 5.75 Å². The molecule has 0 saturated heterocycles. The lowest BCUT2D eigenvalue weighted by Crippen LogP contribution is -2.37. The van der Waals surface area contributed by atoms with Crippen molar-refractivity contribution < 1.29 is 19.4 Å². The van der Waals surface area contributed by atoms with E-state index in [1.807, 2.05) is 37.3 Å². The van der Waals surface area contributed by atoms with Crippen LogP contribution >= 0.6 is 0 Å². The maximum atomic E-state index is 11.8. The van der Waals surface area contributed by atoms with Crippen molar-refractivity contribution in [3.05, 3.63) is 53.6 Å². The Morgan fingerprint density at radius 2 is 1.73 bits per heavy atom. The number of nitrogens with zero attached hydrogens (tertiary/aromatic N) is 1. The molecule has 0 aliphatic rings. The fourth-order valence-corrected chi connectivity index (χ4v) is 3.13. The molecule has 6 heteroatoms. The molecule has 2 aromatic rings. The number of ether oxygens (including phenoxy) is 1. The third-order valence-corrected chi connectivity index (χ3v) is 4.79. The van der Waals surface area contributed by atoms with Crippen molar-refractivity contribution in [3.8, 4) is 5.75 Å². The first-order chi connectivity index (χ1) is 14.4. The molecule has 0 aromatic heterocycles. The maximum Gasteiger partial charge on any atom is 0.306 e. The van der Waals surface area contributed by atoms with Gasteiger partial charge in [-0.3, -0.25) is 20.0 Å². The molecule has 0 bridgehead atoms. The second-order valence-electron chi connectivity index (χ2n) is 7.42. The van der Waals surface area contributed by atoms with Gasteiger partial charge in [-0.2, -0.15) is 0 Å². The molecule has 2 aromatic carbocycles. The summed E-state index contributed by atoms with van der Waals surface area (Å²) in [5.74, 6) is -0.498. The van der Waals surface area contributed by atoms with Gasteiger partial charge < -0.3 is 9.84 Å². The monoisotopic (exact) mass is 412 g/mol. The Labute approximate surface area is 178 Å². The minimum absolute atomic E-state index is 0.0706. The Bertz CT molecular complexity index is 834. The number of nitrogens with one attached hydrogen (secondary N) is 1. The van der Waals surface area contributed by atoms with Crippen LogP contribution in [0.25, 0.3) is 0 Å². The van der Waals surface area contributed by atoms with E-state index >= 15 is 0 Å². The van der Waals surface area contributed by atoms with E-state index in [-0.39, 0.29) is 18.9 Å². The Kier molecular flexibility index (Phi) is 9.19. The van der Waals surface area contributed by atoms with Crippen LogP contribution in [-0.4, -0.2) is 23.6 Å². The van der Waals surface area contributed by atoms with Crippen molar-refractivity contribution in [1.82, 2.24) is 5.43 Å². The number of aliphatic carboxylic acids is 1. The zero-order valence-corrected chi connectivity index (χ0v) is 18.1. The number of amides is 1. The summed E-state index contributed by atoms with van der Waals surface area (Å²) >= 11 is 0. The third-order valence-electron chi connectivity index (χ3n) is 4.79. The molecular weight excluding hydrogens is 380 g/mol. The number of benzene rings is 2. The van der Waals surface area contributed by atoms with Gasteiger partial charge in [0.05, 0.1) is 24.4 Å². The minimum atomic E-state index is -0.904. The first-order valence-corrected chi connectivity index (χ1v) is 10.5. The number of anilines is 2. The molecule has 0 atom stereocenters. The predicted molar refractivity (Wildman–Crippen MR) is 119 cm³/mol. The largest absolute Gasteiger partial charge is 0.493 e. The van der Waals surface area contributed by atoms with Crippen LogP contribution < -0.4 is 15.2 Å². The van der Waals surface area contributed by atoms with Gasteiger partial charge in [0.1, 0.15) is 5.75 Å². The van der Waals surface area contributed by atoms with Gasteiger partial charge >= 0.3 is 5.97 Å². The molecule has 0 saturated carbocycles. The summed E-state index contributed by atoms with van der Waals surface area (Å²) in [5.41, 5.74) is 6.60. The average molecular weight is 413 g/mol. The molecule has 0 fully saturated rings. The van der Waals surface area contributed by atoms with Gasteiger partial charge in [-0.1, -0.05) is 44.4 Å². The molecule has 2 N–H and O–H groups in total. The second-order valence-corrected chi connectivity index (χ2v) is 7.42. The fraction of sp³-hybridized carbons (Fsp3) is 0.417. The van der Waals surface area contributed by atoms with Crippen LogP contribution in [-0.2, 0) is 16.0 Å². The lowest BCUT2D eigenvalue weighted by Gasteiger charge is -2.26. The highest BCUT2D eigenvalue weighted by Gasteiger charge is 2.13. The molecule has 30 heavy (non-hydrogen) atoms. The van der Waals surface area contributed by atoms with Crippen molar-refractivity contribution in [3.63, 3.8) is 0 Å². The van der Waals surface area contributed by atoms with Gasteiger partial charge in [-0.05, 0) is 49.1 Å². The molecule has 0 aliphatic carbocycles. The number of carboxylic acid groups (broad SMARTS) is 1. The lowest BCUT2D eigenvalue weighted by atomic mass is 10.1. The van der Waals surface area contributed by atoms with Gasteiger partial charge in [0.25, 0.3) is 0 Å². The Morgan fingerprint density at radius 3 is 2.37 bits per heavy atom. The van der Waals surface area contributed by atoms with E-state index < -0.39 is 5.97 Å². The fourth-order valence-electron chi connectivity index (χ4n) is 3.13. The number of hydrazine groups is 1. The summed E-state index contributed by atoms with van der Waals surface area (Å²) in [6.07, 6.45) is 5.88. The zero-order valence-electron chi connectivity index (χ0n) is 18.1. The topological polar surface area (TPSA) is 78.9 Å². The third kappa shape index (κ3) is 7.43. The molecular formula is C24H32N2O4. The molecule has 0 aliphatic heterocycles. The van der Waals surface area contributed by atoms with Gasteiger partial charge in [-0.25, -0.2) is 0 Å². The standard InChI is InChI=1S/C24H32N2O4/c1-4-5-6-7-8-20-10-13-21(14-11-20)26(25-19(3)27)22-12-9-18(2)23(17-22)30-16-15-24(28)29/h9-14,17H,4-8,15-16H2,1-3H3,(H,25,27)(H,28,29). The van der Waals surface area contributed by atoms with Crippen LogP contribution in [0.3, 0.4) is 0 Å². The van der Waals surface area contributed by atoms with E-state index in [1.54, 1.807) is 5.01 Å².